The predicted molar refractivity (Wildman–Crippen MR) is 83.6 cm³/mol. The van der Waals surface area contributed by atoms with Crippen molar-refractivity contribution in [3.63, 3.8) is 0 Å². The largest absolute Gasteiger partial charge is 0.506 e. The number of amides is 2. The molecule has 23 heavy (non-hydrogen) atoms. The van der Waals surface area contributed by atoms with E-state index in [2.05, 4.69) is 17.1 Å². The van der Waals surface area contributed by atoms with Crippen LogP contribution in [0, 0.1) is 23.7 Å². The fourth-order valence-corrected chi connectivity index (χ4v) is 4.48. The van der Waals surface area contributed by atoms with E-state index in [-0.39, 0.29) is 41.2 Å². The van der Waals surface area contributed by atoms with Crippen LogP contribution in [-0.2, 0) is 9.59 Å². The molecule has 2 heterocycles. The van der Waals surface area contributed by atoms with Crippen molar-refractivity contribution in [3.8, 4) is 5.75 Å². The van der Waals surface area contributed by atoms with Gasteiger partial charge in [-0.1, -0.05) is 12.2 Å². The molecule has 5 nitrogen and oxygen atoms in total. The van der Waals surface area contributed by atoms with E-state index in [9.17, 15) is 14.7 Å². The predicted octanol–water partition coefficient (Wildman–Crippen LogP) is 2.25. The molecule has 4 atom stereocenters. The number of pyridine rings is 1. The number of aromatic hydroxyl groups is 1. The Bertz CT molecular complexity index is 874. The lowest BCUT2D eigenvalue weighted by Gasteiger charge is -2.19. The van der Waals surface area contributed by atoms with Gasteiger partial charge in [-0.25, -0.2) is 4.90 Å². The molecule has 5 rings (SSSR count). The van der Waals surface area contributed by atoms with E-state index in [0.717, 1.165) is 6.42 Å². The summed E-state index contributed by atoms with van der Waals surface area (Å²) in [6.45, 7) is 0. The lowest BCUT2D eigenvalue weighted by molar-refractivity contribution is -0.123. The first-order valence-electron chi connectivity index (χ1n) is 7.79. The first-order chi connectivity index (χ1) is 11.2. The number of carbonyl (C=O) groups excluding carboxylic acids is 2. The third-order valence-electron chi connectivity index (χ3n) is 5.44. The van der Waals surface area contributed by atoms with Gasteiger partial charge in [0.1, 0.15) is 11.3 Å². The summed E-state index contributed by atoms with van der Waals surface area (Å²) in [5, 5.41) is 10.6. The quantitative estimate of drug-likeness (QED) is 0.648. The van der Waals surface area contributed by atoms with Crippen LogP contribution in [0.25, 0.3) is 10.9 Å². The molecular formula is C18H14N2O3. The lowest BCUT2D eigenvalue weighted by atomic mass is 9.85. The fraction of sp³-hybridized carbons (Fsp3) is 0.278. The molecule has 2 aliphatic carbocycles. The molecule has 1 aromatic carbocycles. The van der Waals surface area contributed by atoms with Crippen molar-refractivity contribution in [1.29, 1.82) is 0 Å². The number of phenolic OH excluding ortho intramolecular Hbond substituents is 1. The van der Waals surface area contributed by atoms with Crippen molar-refractivity contribution in [2.45, 2.75) is 6.42 Å². The van der Waals surface area contributed by atoms with Crippen LogP contribution < -0.4 is 4.90 Å². The lowest BCUT2D eigenvalue weighted by Crippen LogP contribution is -2.33. The van der Waals surface area contributed by atoms with Gasteiger partial charge in [0, 0.05) is 11.6 Å². The smallest absolute Gasteiger partial charge is 0.238 e. The number of carbonyl (C=O) groups is 2. The molecule has 0 radical (unpaired) electrons. The van der Waals surface area contributed by atoms with Crippen molar-refractivity contribution in [3.05, 3.63) is 42.6 Å². The molecule has 1 aromatic heterocycles. The van der Waals surface area contributed by atoms with Crippen LogP contribution in [-0.4, -0.2) is 21.9 Å². The molecule has 2 unspecified atom stereocenters. The molecule has 114 valence electrons. The van der Waals surface area contributed by atoms with Crippen molar-refractivity contribution < 1.29 is 14.7 Å². The molecular weight excluding hydrogens is 292 g/mol. The third-order valence-corrected chi connectivity index (χ3v) is 5.44. The Hall–Kier alpha value is -2.69. The van der Waals surface area contributed by atoms with Gasteiger partial charge in [-0.2, -0.15) is 0 Å². The number of nitrogens with zero attached hydrogens (tertiary/aromatic N) is 2. The van der Waals surface area contributed by atoms with Crippen LogP contribution in [0.5, 0.6) is 5.75 Å². The zero-order valence-corrected chi connectivity index (χ0v) is 12.2. The number of fused-ring (bicyclic) bond motifs is 6. The second kappa shape index (κ2) is 4.19. The highest BCUT2D eigenvalue weighted by atomic mass is 16.3. The number of benzene rings is 1. The SMILES string of the molecule is O=C1[C@@H]2C3C=CC(C3)[C@@H]2C(=O)N1c1ccc(O)c2ncccc12. The Labute approximate surface area is 132 Å². The number of imide groups is 1. The van der Waals surface area contributed by atoms with Gasteiger partial charge in [0.2, 0.25) is 11.8 Å². The average Bonchev–Trinajstić information content (AvgIpc) is 3.24. The maximum absolute atomic E-state index is 12.9. The summed E-state index contributed by atoms with van der Waals surface area (Å²) < 4.78 is 0. The minimum absolute atomic E-state index is 0.0466. The molecule has 5 heteroatoms. The third kappa shape index (κ3) is 1.49. The molecule has 2 aromatic rings. The number of hydrogen-bond acceptors (Lipinski definition) is 4. The first kappa shape index (κ1) is 12.8. The summed E-state index contributed by atoms with van der Waals surface area (Å²) >= 11 is 0. The fourth-order valence-electron chi connectivity index (χ4n) is 4.48. The van der Waals surface area contributed by atoms with Crippen molar-refractivity contribution in [2.75, 3.05) is 4.90 Å². The summed E-state index contributed by atoms with van der Waals surface area (Å²) in [6, 6.07) is 6.64. The van der Waals surface area contributed by atoms with E-state index in [0.29, 0.717) is 16.6 Å². The second-order valence-corrected chi connectivity index (χ2v) is 6.52. The summed E-state index contributed by atoms with van der Waals surface area (Å²) in [5.41, 5.74) is 0.929. The Kier molecular flexibility index (Phi) is 2.33. The number of phenols is 1. The molecule has 3 aliphatic rings. The molecule has 1 saturated heterocycles. The maximum atomic E-state index is 12.9. The molecule has 1 aliphatic heterocycles. The standard InChI is InChI=1S/C18H14N2O3/c21-13-6-5-12(11-2-1-7-19-16(11)13)20-17(22)14-9-3-4-10(8-9)15(14)18(20)23/h1-7,9-10,14-15,21H,8H2/t9?,10?,14-,15+. The van der Waals surface area contributed by atoms with Crippen LogP contribution in [0.1, 0.15) is 6.42 Å². The van der Waals surface area contributed by atoms with Gasteiger partial charge in [0.05, 0.1) is 17.5 Å². The minimum atomic E-state index is -0.224. The van der Waals surface area contributed by atoms with Crippen LogP contribution in [0.2, 0.25) is 0 Å². The molecule has 1 N–H and O–H groups in total. The van der Waals surface area contributed by atoms with Gasteiger partial charge in [-0.3, -0.25) is 14.6 Å². The number of rotatable bonds is 1. The molecule has 0 spiro atoms. The van der Waals surface area contributed by atoms with E-state index in [1.165, 1.54) is 11.0 Å². The van der Waals surface area contributed by atoms with Crippen LogP contribution in [0.4, 0.5) is 5.69 Å². The van der Waals surface area contributed by atoms with E-state index < -0.39 is 0 Å². The van der Waals surface area contributed by atoms with Crippen molar-refractivity contribution >= 4 is 28.4 Å². The van der Waals surface area contributed by atoms with Crippen molar-refractivity contribution in [2.24, 2.45) is 23.7 Å². The highest BCUT2D eigenvalue weighted by Crippen LogP contribution is 2.53. The van der Waals surface area contributed by atoms with E-state index >= 15 is 0 Å². The number of allylic oxidation sites excluding steroid dienone is 2. The van der Waals surface area contributed by atoms with Crippen LogP contribution in [0.15, 0.2) is 42.6 Å². The number of anilines is 1. The van der Waals surface area contributed by atoms with Gasteiger partial charge < -0.3 is 5.11 Å². The number of aromatic nitrogens is 1. The maximum Gasteiger partial charge on any atom is 0.238 e. The Morgan fingerprint density at radius 1 is 1.04 bits per heavy atom. The summed E-state index contributed by atoms with van der Waals surface area (Å²) in [5.74, 6) is -0.261. The first-order valence-corrected chi connectivity index (χ1v) is 7.79. The van der Waals surface area contributed by atoms with E-state index in [1.54, 1.807) is 24.4 Å². The summed E-state index contributed by atoms with van der Waals surface area (Å²) in [6.07, 6.45) is 6.66. The van der Waals surface area contributed by atoms with Gasteiger partial charge in [-0.15, -0.1) is 0 Å². The molecule has 2 bridgehead atoms. The molecule has 2 fully saturated rings. The zero-order chi connectivity index (χ0) is 15.7. The minimum Gasteiger partial charge on any atom is -0.506 e. The monoisotopic (exact) mass is 306 g/mol. The Balaban J connectivity index is 1.68. The summed E-state index contributed by atoms with van der Waals surface area (Å²) in [7, 11) is 0. The molecule has 2 amide bonds. The van der Waals surface area contributed by atoms with Gasteiger partial charge in [-0.05, 0) is 42.5 Å². The van der Waals surface area contributed by atoms with Gasteiger partial charge in [0.15, 0.2) is 0 Å². The zero-order valence-electron chi connectivity index (χ0n) is 12.2. The Morgan fingerprint density at radius 3 is 2.43 bits per heavy atom. The van der Waals surface area contributed by atoms with Gasteiger partial charge in [0.25, 0.3) is 0 Å². The molecule has 1 saturated carbocycles. The Morgan fingerprint density at radius 2 is 1.74 bits per heavy atom. The number of hydrogen-bond donors (Lipinski definition) is 1. The highest BCUT2D eigenvalue weighted by Gasteiger charge is 2.59. The van der Waals surface area contributed by atoms with Crippen LogP contribution in [0.3, 0.4) is 0 Å². The summed E-state index contributed by atoms with van der Waals surface area (Å²) in [4.78, 5) is 31.3. The average molecular weight is 306 g/mol. The topological polar surface area (TPSA) is 70.5 Å². The van der Waals surface area contributed by atoms with E-state index in [4.69, 9.17) is 0 Å². The second-order valence-electron chi connectivity index (χ2n) is 6.52. The van der Waals surface area contributed by atoms with E-state index in [1.807, 2.05) is 0 Å². The normalized spacial score (nSPS) is 31.4. The van der Waals surface area contributed by atoms with Gasteiger partial charge >= 0.3 is 0 Å². The van der Waals surface area contributed by atoms with Crippen LogP contribution >= 0.6 is 0 Å². The highest BCUT2D eigenvalue weighted by molar-refractivity contribution is 6.25. The van der Waals surface area contributed by atoms with Crippen molar-refractivity contribution in [1.82, 2.24) is 4.98 Å².